The maximum absolute atomic E-state index is 7.60. The van der Waals surface area contributed by atoms with E-state index in [9.17, 15) is 0 Å². The minimum atomic E-state index is 0.286. The molecule has 0 aliphatic heterocycles. The third-order valence-corrected chi connectivity index (χ3v) is 5.72. The summed E-state index contributed by atoms with van der Waals surface area (Å²) in [6, 6.07) is 30.5. The van der Waals surface area contributed by atoms with Crippen LogP contribution < -0.4 is 5.73 Å². The summed E-state index contributed by atoms with van der Waals surface area (Å²) < 4.78 is 2.22. The number of nitrogens with zero attached hydrogens (tertiary/aromatic N) is 1. The van der Waals surface area contributed by atoms with E-state index in [2.05, 4.69) is 65.4 Å². The van der Waals surface area contributed by atoms with Crippen molar-refractivity contribution in [2.75, 3.05) is 5.73 Å². The number of nitrogens with two attached hydrogens (primary N) is 1. The number of aromatic nitrogens is 1. The second kappa shape index (κ2) is 8.00. The molecule has 154 valence electrons. The van der Waals surface area contributed by atoms with Gasteiger partial charge in [0.1, 0.15) is 0 Å². The molecule has 4 aromatic carbocycles. The summed E-state index contributed by atoms with van der Waals surface area (Å²) in [4.78, 5) is 0. The molecular weight excluding hydrogens is 392 g/mol. The third kappa shape index (κ3) is 3.38. The number of para-hydroxylation sites is 1. The lowest BCUT2D eigenvalue weighted by Crippen LogP contribution is -2.15. The Balaban J connectivity index is 0.000000154. The van der Waals surface area contributed by atoms with Gasteiger partial charge in [-0.1, -0.05) is 72.8 Å². The molecule has 5 aromatic rings. The largest absolute Gasteiger partial charge is 0.398 e. The Kier molecular flexibility index (Phi) is 4.88. The fourth-order valence-electron chi connectivity index (χ4n) is 4.08. The summed E-state index contributed by atoms with van der Waals surface area (Å²) >= 11 is 0. The van der Waals surface area contributed by atoms with Gasteiger partial charge in [-0.05, 0) is 41.3 Å². The van der Waals surface area contributed by atoms with Gasteiger partial charge in [-0.15, -0.1) is 0 Å². The van der Waals surface area contributed by atoms with Gasteiger partial charge in [-0.25, -0.2) is 0 Å². The lowest BCUT2D eigenvalue weighted by molar-refractivity contribution is 1.14. The van der Waals surface area contributed by atoms with Crippen molar-refractivity contribution in [3.8, 4) is 5.69 Å². The van der Waals surface area contributed by atoms with Crippen LogP contribution in [0.4, 0.5) is 5.69 Å². The summed E-state index contributed by atoms with van der Waals surface area (Å²) in [5.41, 5.74) is 11.8. The first-order valence-corrected chi connectivity index (χ1v) is 10.4. The normalized spacial score (nSPS) is 12.5. The van der Waals surface area contributed by atoms with Crippen molar-refractivity contribution in [2.45, 2.75) is 0 Å². The Labute approximate surface area is 186 Å². The van der Waals surface area contributed by atoms with Crippen molar-refractivity contribution in [1.29, 1.82) is 10.8 Å². The zero-order valence-corrected chi connectivity index (χ0v) is 17.4. The van der Waals surface area contributed by atoms with Gasteiger partial charge in [0, 0.05) is 28.2 Å². The number of anilines is 1. The number of nitrogens with one attached hydrogen (secondary N) is 2. The molecular formula is C28H22N4. The second-order valence-electron chi connectivity index (χ2n) is 7.67. The molecule has 0 bridgehead atoms. The fraction of sp³-hybridized carbons (Fsp3) is 0. The Morgan fingerprint density at radius 3 is 2.25 bits per heavy atom. The van der Waals surface area contributed by atoms with Gasteiger partial charge in [0.05, 0.1) is 22.6 Å². The SMILES string of the molecule is N=C1C=Cc2ccccc2C1=N.Nc1ccc(-n2ccc3ccccc32)c2ccccc12. The van der Waals surface area contributed by atoms with E-state index in [0.717, 1.165) is 27.9 Å². The number of hydrogen-bond acceptors (Lipinski definition) is 3. The van der Waals surface area contributed by atoms with Crippen LogP contribution >= 0.6 is 0 Å². The first-order chi connectivity index (χ1) is 15.6. The van der Waals surface area contributed by atoms with Crippen molar-refractivity contribution in [2.24, 2.45) is 0 Å². The summed E-state index contributed by atoms with van der Waals surface area (Å²) in [6.07, 6.45) is 5.64. The molecule has 6 rings (SSSR count). The molecule has 4 N–H and O–H groups in total. The molecule has 0 atom stereocenters. The molecule has 32 heavy (non-hydrogen) atoms. The maximum Gasteiger partial charge on any atom is 0.0867 e. The van der Waals surface area contributed by atoms with Gasteiger partial charge >= 0.3 is 0 Å². The van der Waals surface area contributed by atoms with Gasteiger partial charge < -0.3 is 10.3 Å². The predicted molar refractivity (Wildman–Crippen MR) is 135 cm³/mol. The highest BCUT2D eigenvalue weighted by Gasteiger charge is 2.12. The summed E-state index contributed by atoms with van der Waals surface area (Å²) in [7, 11) is 0. The number of allylic oxidation sites excluding steroid dienone is 1. The molecule has 0 unspecified atom stereocenters. The van der Waals surface area contributed by atoms with Crippen LogP contribution in [0.1, 0.15) is 11.1 Å². The number of nitrogen functional groups attached to an aromatic ring is 1. The first-order valence-electron chi connectivity index (χ1n) is 10.4. The molecule has 0 amide bonds. The lowest BCUT2D eigenvalue weighted by Gasteiger charge is -2.11. The molecule has 0 saturated carbocycles. The van der Waals surface area contributed by atoms with E-state index in [1.54, 1.807) is 6.08 Å². The van der Waals surface area contributed by atoms with Crippen LogP contribution in [0, 0.1) is 10.8 Å². The quantitative estimate of drug-likeness (QED) is 0.270. The molecule has 1 aliphatic rings. The summed E-state index contributed by atoms with van der Waals surface area (Å²) in [5.74, 6) is 0. The van der Waals surface area contributed by atoms with Crippen LogP contribution in [-0.4, -0.2) is 16.0 Å². The van der Waals surface area contributed by atoms with Crippen molar-refractivity contribution in [1.82, 2.24) is 4.57 Å². The van der Waals surface area contributed by atoms with Crippen molar-refractivity contribution in [3.63, 3.8) is 0 Å². The Hall–Kier alpha value is -4.44. The van der Waals surface area contributed by atoms with Gasteiger partial charge in [-0.3, -0.25) is 10.8 Å². The summed E-state index contributed by atoms with van der Waals surface area (Å²) in [6.45, 7) is 0. The molecule has 4 nitrogen and oxygen atoms in total. The molecule has 1 aromatic heterocycles. The third-order valence-electron chi connectivity index (χ3n) is 5.72. The average molecular weight is 415 g/mol. The smallest absolute Gasteiger partial charge is 0.0867 e. The average Bonchev–Trinajstić information content (AvgIpc) is 3.27. The first kappa shape index (κ1) is 19.5. The fourth-order valence-corrected chi connectivity index (χ4v) is 4.08. The number of fused-ring (bicyclic) bond motifs is 3. The van der Waals surface area contributed by atoms with Gasteiger partial charge in [0.2, 0.25) is 0 Å². The van der Waals surface area contributed by atoms with E-state index in [1.165, 1.54) is 16.3 Å². The van der Waals surface area contributed by atoms with E-state index in [-0.39, 0.29) is 5.71 Å². The van der Waals surface area contributed by atoms with Crippen LogP contribution in [0.25, 0.3) is 33.4 Å². The van der Waals surface area contributed by atoms with Crippen LogP contribution in [0.15, 0.2) is 103 Å². The number of rotatable bonds is 1. The molecule has 0 saturated heterocycles. The molecule has 0 fully saturated rings. The topological polar surface area (TPSA) is 78.7 Å². The number of hydrogen-bond donors (Lipinski definition) is 3. The number of benzene rings is 4. The Bertz CT molecular complexity index is 1520. The highest BCUT2D eigenvalue weighted by atomic mass is 15.0. The molecule has 4 heteroatoms. The monoisotopic (exact) mass is 414 g/mol. The Morgan fingerprint density at radius 2 is 1.38 bits per heavy atom. The van der Waals surface area contributed by atoms with E-state index in [1.807, 2.05) is 42.5 Å². The van der Waals surface area contributed by atoms with Gasteiger partial charge in [0.15, 0.2) is 0 Å². The zero-order valence-electron chi connectivity index (χ0n) is 17.4. The Morgan fingerprint density at radius 1 is 0.656 bits per heavy atom. The van der Waals surface area contributed by atoms with Crippen molar-refractivity contribution in [3.05, 3.63) is 114 Å². The van der Waals surface area contributed by atoms with Gasteiger partial charge in [-0.2, -0.15) is 0 Å². The standard InChI is InChI=1S/C18H14N2.C10H8N2/c19-16-9-10-18(15-7-3-2-6-14(15)16)20-12-11-13-5-1-4-8-17(13)20;11-9-6-5-7-3-1-2-4-8(7)10(9)12/h1-12H,19H2;1-6,11-12H. The second-order valence-corrected chi connectivity index (χ2v) is 7.67. The molecule has 0 radical (unpaired) electrons. The van der Waals surface area contributed by atoms with Gasteiger partial charge in [0.25, 0.3) is 0 Å². The highest BCUT2D eigenvalue weighted by molar-refractivity contribution is 6.52. The summed E-state index contributed by atoms with van der Waals surface area (Å²) in [5, 5.41) is 18.5. The molecule has 1 aliphatic carbocycles. The zero-order chi connectivity index (χ0) is 22.1. The highest BCUT2D eigenvalue weighted by Crippen LogP contribution is 2.29. The lowest BCUT2D eigenvalue weighted by atomic mass is 9.94. The van der Waals surface area contributed by atoms with Crippen LogP contribution in [0.5, 0.6) is 0 Å². The maximum atomic E-state index is 7.60. The predicted octanol–water partition coefficient (Wildman–Crippen LogP) is 6.47. The van der Waals surface area contributed by atoms with Crippen LogP contribution in [-0.2, 0) is 0 Å². The minimum Gasteiger partial charge on any atom is -0.398 e. The van der Waals surface area contributed by atoms with E-state index < -0.39 is 0 Å². The van der Waals surface area contributed by atoms with E-state index in [4.69, 9.17) is 16.6 Å². The van der Waals surface area contributed by atoms with E-state index in [0.29, 0.717) is 5.71 Å². The van der Waals surface area contributed by atoms with Crippen molar-refractivity contribution >= 4 is 44.9 Å². The van der Waals surface area contributed by atoms with Crippen molar-refractivity contribution < 1.29 is 0 Å². The van der Waals surface area contributed by atoms with E-state index >= 15 is 0 Å². The van der Waals surface area contributed by atoms with Crippen LogP contribution in [0.2, 0.25) is 0 Å². The molecule has 1 heterocycles. The van der Waals surface area contributed by atoms with Crippen LogP contribution in [0.3, 0.4) is 0 Å². The molecule has 0 spiro atoms. The minimum absolute atomic E-state index is 0.286.